The maximum Gasteiger partial charge on any atom is 0.276 e. The van der Waals surface area contributed by atoms with Gasteiger partial charge in [0.25, 0.3) is 5.56 Å². The first-order valence-electron chi connectivity index (χ1n) is 6.39. The Balaban J connectivity index is 1.88. The van der Waals surface area contributed by atoms with E-state index in [0.29, 0.717) is 11.1 Å². The second-order valence-corrected chi connectivity index (χ2v) is 5.42. The molecule has 0 bridgehead atoms. The lowest BCUT2D eigenvalue weighted by Crippen LogP contribution is -2.25. The van der Waals surface area contributed by atoms with Gasteiger partial charge in [0.1, 0.15) is 5.52 Å². The molecule has 2 heterocycles. The summed E-state index contributed by atoms with van der Waals surface area (Å²) in [6.45, 7) is 0.0269. The van der Waals surface area contributed by atoms with Crippen LogP contribution >= 0.6 is 11.8 Å². The number of Topliss-reactive ketones (excluding diaryl/α,β-unsaturated/α-hetero) is 1. The second kappa shape index (κ2) is 5.57. The average Bonchev–Trinajstić information content (AvgIpc) is 2.99. The van der Waals surface area contributed by atoms with Crippen LogP contribution < -0.4 is 5.56 Å². The van der Waals surface area contributed by atoms with Crippen molar-refractivity contribution in [1.82, 2.24) is 14.2 Å². The Morgan fingerprint density at radius 1 is 1.19 bits per heavy atom. The predicted molar refractivity (Wildman–Crippen MR) is 82.0 cm³/mol. The van der Waals surface area contributed by atoms with Crippen molar-refractivity contribution in [3.63, 3.8) is 0 Å². The van der Waals surface area contributed by atoms with E-state index in [2.05, 4.69) is 5.10 Å². The number of benzene rings is 1. The summed E-state index contributed by atoms with van der Waals surface area (Å²) in [4.78, 5) is 25.6. The Morgan fingerprint density at radius 2 is 1.95 bits per heavy atom. The van der Waals surface area contributed by atoms with Crippen molar-refractivity contribution >= 4 is 23.1 Å². The van der Waals surface area contributed by atoms with Crippen LogP contribution in [-0.2, 0) is 6.54 Å². The molecule has 0 amide bonds. The van der Waals surface area contributed by atoms with Crippen molar-refractivity contribution in [2.45, 2.75) is 11.4 Å². The molecule has 3 rings (SSSR count). The molecule has 0 saturated heterocycles. The zero-order valence-corrected chi connectivity index (χ0v) is 12.2. The van der Waals surface area contributed by atoms with Crippen molar-refractivity contribution in [2.75, 3.05) is 6.26 Å². The Labute approximate surface area is 125 Å². The smallest absolute Gasteiger partial charge is 0.276 e. The van der Waals surface area contributed by atoms with E-state index >= 15 is 0 Å². The standard InChI is InChI=1S/C15H13N3O2S/c1-21-12-4-2-11(3-5-12)14(19)10-17-8-9-18-13(15(17)20)6-7-16-18/h2-9H,10H2,1H3. The largest absolute Gasteiger partial charge is 0.304 e. The zero-order chi connectivity index (χ0) is 14.8. The van der Waals surface area contributed by atoms with Crippen LogP contribution in [0.3, 0.4) is 0 Å². The fourth-order valence-corrected chi connectivity index (χ4v) is 2.52. The van der Waals surface area contributed by atoms with Gasteiger partial charge in [0.2, 0.25) is 0 Å². The number of aromatic nitrogens is 3. The van der Waals surface area contributed by atoms with E-state index in [1.165, 1.54) is 9.08 Å². The highest BCUT2D eigenvalue weighted by molar-refractivity contribution is 7.98. The van der Waals surface area contributed by atoms with Gasteiger partial charge in [-0.05, 0) is 24.5 Å². The van der Waals surface area contributed by atoms with Gasteiger partial charge in [-0.25, -0.2) is 4.52 Å². The minimum atomic E-state index is -0.218. The molecule has 5 nitrogen and oxygen atoms in total. The number of carbonyl (C=O) groups excluding carboxylic acids is 1. The fraction of sp³-hybridized carbons (Fsp3) is 0.133. The summed E-state index contributed by atoms with van der Waals surface area (Å²) in [7, 11) is 0. The normalized spacial score (nSPS) is 10.9. The van der Waals surface area contributed by atoms with Crippen molar-refractivity contribution in [3.05, 3.63) is 64.8 Å². The molecule has 0 unspecified atom stereocenters. The van der Waals surface area contributed by atoms with Crippen molar-refractivity contribution in [2.24, 2.45) is 0 Å². The number of thioether (sulfide) groups is 1. The minimum Gasteiger partial charge on any atom is -0.304 e. The molecule has 0 aliphatic heterocycles. The van der Waals surface area contributed by atoms with E-state index in [1.54, 1.807) is 48.6 Å². The summed E-state index contributed by atoms with van der Waals surface area (Å²) in [5, 5.41) is 3.99. The number of rotatable bonds is 4. The van der Waals surface area contributed by atoms with Crippen molar-refractivity contribution in [1.29, 1.82) is 0 Å². The van der Waals surface area contributed by atoms with Crippen LogP contribution in [0.25, 0.3) is 5.52 Å². The molecule has 0 spiro atoms. The molecule has 3 aromatic rings. The van der Waals surface area contributed by atoms with Crippen LogP contribution in [0.1, 0.15) is 10.4 Å². The molecule has 21 heavy (non-hydrogen) atoms. The highest BCUT2D eigenvalue weighted by Crippen LogP contribution is 2.15. The Morgan fingerprint density at radius 3 is 2.67 bits per heavy atom. The third-order valence-electron chi connectivity index (χ3n) is 3.26. The Hall–Kier alpha value is -2.34. The molecule has 0 radical (unpaired) electrons. The van der Waals surface area contributed by atoms with Crippen LogP contribution in [0.4, 0.5) is 0 Å². The molecule has 1 aromatic carbocycles. The third kappa shape index (κ3) is 2.62. The number of hydrogen-bond acceptors (Lipinski definition) is 4. The van der Waals surface area contributed by atoms with Gasteiger partial charge < -0.3 is 4.57 Å². The lowest BCUT2D eigenvalue weighted by atomic mass is 10.1. The first-order chi connectivity index (χ1) is 10.2. The zero-order valence-electron chi connectivity index (χ0n) is 11.4. The SMILES string of the molecule is CSc1ccc(C(=O)Cn2ccn3nccc3c2=O)cc1. The fourth-order valence-electron chi connectivity index (χ4n) is 2.11. The summed E-state index contributed by atoms with van der Waals surface area (Å²) >= 11 is 1.62. The lowest BCUT2D eigenvalue weighted by Gasteiger charge is -2.06. The number of carbonyl (C=O) groups is 1. The molecule has 106 valence electrons. The van der Waals surface area contributed by atoms with Crippen LogP contribution in [-0.4, -0.2) is 26.2 Å². The lowest BCUT2D eigenvalue weighted by molar-refractivity contribution is 0.0971. The molecule has 6 heteroatoms. The van der Waals surface area contributed by atoms with Gasteiger partial charge in [0, 0.05) is 22.9 Å². The topological polar surface area (TPSA) is 56.4 Å². The summed E-state index contributed by atoms with van der Waals surface area (Å²) in [6.07, 6.45) is 6.79. The molecule has 0 aliphatic rings. The Bertz CT molecular complexity index is 849. The van der Waals surface area contributed by atoms with E-state index < -0.39 is 0 Å². The summed E-state index contributed by atoms with van der Waals surface area (Å²) < 4.78 is 2.90. The minimum absolute atomic E-state index is 0.0269. The number of ketones is 1. The second-order valence-electron chi connectivity index (χ2n) is 4.54. The molecule has 0 fully saturated rings. The first-order valence-corrected chi connectivity index (χ1v) is 7.61. The molecule has 0 saturated carbocycles. The summed E-state index contributed by atoms with van der Waals surface area (Å²) in [6, 6.07) is 9.02. The van der Waals surface area contributed by atoms with Crippen LogP contribution in [0.15, 0.2) is 58.6 Å². The van der Waals surface area contributed by atoms with Gasteiger partial charge in [-0.3, -0.25) is 9.59 Å². The van der Waals surface area contributed by atoms with E-state index in [-0.39, 0.29) is 17.9 Å². The molecule has 0 N–H and O–H groups in total. The number of nitrogens with zero attached hydrogens (tertiary/aromatic N) is 3. The maximum atomic E-state index is 12.3. The summed E-state index contributed by atoms with van der Waals surface area (Å²) in [5.41, 5.74) is 0.847. The van der Waals surface area contributed by atoms with E-state index in [9.17, 15) is 9.59 Å². The molecular formula is C15H13N3O2S. The molecule has 0 atom stereocenters. The van der Waals surface area contributed by atoms with Crippen molar-refractivity contribution in [3.8, 4) is 0 Å². The van der Waals surface area contributed by atoms with Gasteiger partial charge in [-0.15, -0.1) is 11.8 Å². The van der Waals surface area contributed by atoms with Gasteiger partial charge >= 0.3 is 0 Å². The van der Waals surface area contributed by atoms with Crippen LogP contribution in [0.5, 0.6) is 0 Å². The van der Waals surface area contributed by atoms with Gasteiger partial charge in [-0.2, -0.15) is 5.10 Å². The highest BCUT2D eigenvalue weighted by Gasteiger charge is 2.10. The molecule has 0 aliphatic carbocycles. The predicted octanol–water partition coefficient (Wildman–Crippen LogP) is 2.10. The van der Waals surface area contributed by atoms with Gasteiger partial charge in [0.15, 0.2) is 5.78 Å². The molecular weight excluding hydrogens is 286 g/mol. The quantitative estimate of drug-likeness (QED) is 0.547. The first kappa shape index (κ1) is 13.6. The van der Waals surface area contributed by atoms with Gasteiger partial charge in [-0.1, -0.05) is 12.1 Å². The summed E-state index contributed by atoms with van der Waals surface area (Å²) in [5.74, 6) is -0.0892. The van der Waals surface area contributed by atoms with E-state index in [1.807, 2.05) is 18.4 Å². The highest BCUT2D eigenvalue weighted by atomic mass is 32.2. The van der Waals surface area contributed by atoms with Crippen LogP contribution in [0.2, 0.25) is 0 Å². The number of fused-ring (bicyclic) bond motifs is 1. The Kier molecular flexibility index (Phi) is 3.62. The maximum absolute atomic E-state index is 12.3. The van der Waals surface area contributed by atoms with E-state index in [0.717, 1.165) is 4.90 Å². The third-order valence-corrected chi connectivity index (χ3v) is 4.01. The monoisotopic (exact) mass is 299 g/mol. The van der Waals surface area contributed by atoms with Gasteiger partial charge in [0.05, 0.1) is 12.7 Å². The molecule has 2 aromatic heterocycles. The van der Waals surface area contributed by atoms with E-state index in [4.69, 9.17) is 0 Å². The van der Waals surface area contributed by atoms with Crippen molar-refractivity contribution < 1.29 is 4.79 Å². The average molecular weight is 299 g/mol. The van der Waals surface area contributed by atoms with Crippen LogP contribution in [0, 0.1) is 0 Å². The number of hydrogen-bond donors (Lipinski definition) is 0.